The van der Waals surface area contributed by atoms with Crippen LogP contribution >= 0.6 is 0 Å². The third-order valence-corrected chi connectivity index (χ3v) is 3.46. The highest BCUT2D eigenvalue weighted by molar-refractivity contribution is 5.89. The summed E-state index contributed by atoms with van der Waals surface area (Å²) in [6.07, 6.45) is 4.67. The number of carboxylic acids is 1. The first kappa shape index (κ1) is 16.6. The smallest absolute Gasteiger partial charge is 0.333 e. The average Bonchev–Trinajstić information content (AvgIpc) is 2.53. The summed E-state index contributed by atoms with van der Waals surface area (Å²) in [6.45, 7) is 0. The maximum atomic E-state index is 11.9. The Hall–Kier alpha value is -2.81. The number of aliphatic carboxylic acids is 1. The standard InChI is InChI=1S/C17H18N2O4/c20-13-10-9-12(18-11-13)5-1-4-8-16(21)19-15-7-3-2-6-14(15)17(22)23/h9-11,20H,2-4,6-8H2,(H,19,21)(H,22,23). The Bertz CT molecular complexity index is 681. The van der Waals surface area contributed by atoms with E-state index in [9.17, 15) is 9.59 Å². The third kappa shape index (κ3) is 5.15. The first-order valence-electron chi connectivity index (χ1n) is 7.45. The Morgan fingerprint density at radius 1 is 1.26 bits per heavy atom. The lowest BCUT2D eigenvalue weighted by molar-refractivity contribution is -0.133. The van der Waals surface area contributed by atoms with E-state index in [0.29, 0.717) is 36.2 Å². The zero-order valence-electron chi connectivity index (χ0n) is 12.6. The van der Waals surface area contributed by atoms with Gasteiger partial charge in [-0.05, 0) is 43.7 Å². The number of rotatable bonds is 4. The highest BCUT2D eigenvalue weighted by Crippen LogP contribution is 2.23. The van der Waals surface area contributed by atoms with Crippen molar-refractivity contribution in [1.82, 2.24) is 10.3 Å². The van der Waals surface area contributed by atoms with Gasteiger partial charge in [0.15, 0.2) is 0 Å². The maximum Gasteiger partial charge on any atom is 0.333 e. The molecule has 1 amide bonds. The molecule has 0 aromatic carbocycles. The molecule has 1 heterocycles. The number of nitrogens with one attached hydrogen (secondary N) is 1. The van der Waals surface area contributed by atoms with Crippen LogP contribution in [0.5, 0.6) is 5.75 Å². The lowest BCUT2D eigenvalue weighted by Crippen LogP contribution is -2.26. The molecule has 0 radical (unpaired) electrons. The van der Waals surface area contributed by atoms with Crippen LogP contribution in [0.3, 0.4) is 0 Å². The number of carbonyl (C=O) groups is 2. The van der Waals surface area contributed by atoms with Crippen LogP contribution in [0.1, 0.15) is 44.2 Å². The largest absolute Gasteiger partial charge is 0.506 e. The zero-order valence-corrected chi connectivity index (χ0v) is 12.6. The van der Waals surface area contributed by atoms with Crippen LogP contribution in [0.15, 0.2) is 29.6 Å². The summed E-state index contributed by atoms with van der Waals surface area (Å²) in [5.74, 6) is 4.52. The van der Waals surface area contributed by atoms with E-state index in [-0.39, 0.29) is 18.1 Å². The van der Waals surface area contributed by atoms with Gasteiger partial charge in [0.2, 0.25) is 5.91 Å². The summed E-state index contributed by atoms with van der Waals surface area (Å²) >= 11 is 0. The Morgan fingerprint density at radius 3 is 2.74 bits per heavy atom. The van der Waals surface area contributed by atoms with Crippen molar-refractivity contribution in [1.29, 1.82) is 0 Å². The summed E-state index contributed by atoms with van der Waals surface area (Å²) in [7, 11) is 0. The van der Waals surface area contributed by atoms with Gasteiger partial charge in [-0.25, -0.2) is 9.78 Å². The van der Waals surface area contributed by atoms with E-state index in [0.717, 1.165) is 12.8 Å². The molecule has 0 saturated heterocycles. The van der Waals surface area contributed by atoms with E-state index in [2.05, 4.69) is 22.1 Å². The molecule has 0 saturated carbocycles. The van der Waals surface area contributed by atoms with E-state index in [1.807, 2.05) is 0 Å². The Kier molecular flexibility index (Phi) is 5.75. The van der Waals surface area contributed by atoms with Gasteiger partial charge < -0.3 is 15.5 Å². The molecule has 120 valence electrons. The second-order valence-electron chi connectivity index (χ2n) is 5.22. The third-order valence-electron chi connectivity index (χ3n) is 3.46. The van der Waals surface area contributed by atoms with E-state index in [4.69, 9.17) is 10.2 Å². The van der Waals surface area contributed by atoms with Gasteiger partial charge in [0.25, 0.3) is 0 Å². The predicted molar refractivity (Wildman–Crippen MR) is 83.3 cm³/mol. The van der Waals surface area contributed by atoms with Gasteiger partial charge in [-0.1, -0.05) is 5.92 Å². The van der Waals surface area contributed by atoms with Gasteiger partial charge in [-0.2, -0.15) is 0 Å². The first-order valence-corrected chi connectivity index (χ1v) is 7.45. The zero-order chi connectivity index (χ0) is 16.7. The van der Waals surface area contributed by atoms with Crippen molar-refractivity contribution >= 4 is 11.9 Å². The molecule has 1 aromatic rings. The number of aromatic hydroxyl groups is 1. The molecule has 0 aliphatic heterocycles. The number of allylic oxidation sites excluding steroid dienone is 1. The molecule has 6 heteroatoms. The average molecular weight is 314 g/mol. The van der Waals surface area contributed by atoms with Gasteiger partial charge in [0, 0.05) is 18.5 Å². The second-order valence-corrected chi connectivity index (χ2v) is 5.22. The van der Waals surface area contributed by atoms with Crippen LogP contribution in [0.2, 0.25) is 0 Å². The normalized spacial score (nSPS) is 13.9. The molecular formula is C17H18N2O4. The fraction of sp³-hybridized carbons (Fsp3) is 0.353. The molecule has 2 rings (SSSR count). The summed E-state index contributed by atoms with van der Waals surface area (Å²) < 4.78 is 0. The van der Waals surface area contributed by atoms with E-state index in [1.54, 1.807) is 6.07 Å². The molecule has 0 unspecified atom stereocenters. The van der Waals surface area contributed by atoms with Crippen LogP contribution in [-0.4, -0.2) is 27.1 Å². The topological polar surface area (TPSA) is 99.5 Å². The van der Waals surface area contributed by atoms with Crippen molar-refractivity contribution in [2.75, 3.05) is 0 Å². The molecular weight excluding hydrogens is 296 g/mol. The summed E-state index contributed by atoms with van der Waals surface area (Å²) in [5.41, 5.74) is 1.36. The van der Waals surface area contributed by atoms with Gasteiger partial charge in [0.1, 0.15) is 11.4 Å². The molecule has 23 heavy (non-hydrogen) atoms. The molecule has 1 aliphatic rings. The molecule has 3 N–H and O–H groups in total. The van der Waals surface area contributed by atoms with Crippen molar-refractivity contribution in [3.05, 3.63) is 35.3 Å². The summed E-state index contributed by atoms with van der Waals surface area (Å²) in [6, 6.07) is 3.08. The predicted octanol–water partition coefficient (Wildman–Crippen LogP) is 1.95. The van der Waals surface area contributed by atoms with Crippen molar-refractivity contribution in [2.45, 2.75) is 38.5 Å². The molecule has 0 spiro atoms. The van der Waals surface area contributed by atoms with Crippen LogP contribution < -0.4 is 5.32 Å². The number of carbonyl (C=O) groups excluding carboxylic acids is 1. The molecule has 0 bridgehead atoms. The quantitative estimate of drug-likeness (QED) is 0.738. The molecule has 1 aliphatic carbocycles. The first-order chi connectivity index (χ1) is 11.1. The van der Waals surface area contributed by atoms with Gasteiger partial charge >= 0.3 is 5.97 Å². The summed E-state index contributed by atoms with van der Waals surface area (Å²) in [5, 5.41) is 20.9. The van der Waals surface area contributed by atoms with Gasteiger partial charge in [-0.3, -0.25) is 4.79 Å². The Morgan fingerprint density at radius 2 is 2.04 bits per heavy atom. The SMILES string of the molecule is O=C(CCC#Cc1ccc(O)cn1)NC1=C(C(=O)O)CCCC1. The Labute approximate surface area is 134 Å². The van der Waals surface area contributed by atoms with Gasteiger partial charge in [0.05, 0.1) is 11.8 Å². The lowest BCUT2D eigenvalue weighted by Gasteiger charge is -2.18. The monoisotopic (exact) mass is 314 g/mol. The number of hydrogen-bond acceptors (Lipinski definition) is 4. The van der Waals surface area contributed by atoms with E-state index >= 15 is 0 Å². The molecule has 0 atom stereocenters. The fourth-order valence-electron chi connectivity index (χ4n) is 2.30. The number of pyridine rings is 1. The summed E-state index contributed by atoms with van der Waals surface area (Å²) in [4.78, 5) is 26.9. The van der Waals surface area contributed by atoms with Crippen molar-refractivity contribution in [3.8, 4) is 17.6 Å². The number of aromatic nitrogens is 1. The van der Waals surface area contributed by atoms with Crippen LogP contribution in [-0.2, 0) is 9.59 Å². The minimum atomic E-state index is -0.960. The highest BCUT2D eigenvalue weighted by Gasteiger charge is 2.19. The fourth-order valence-corrected chi connectivity index (χ4v) is 2.30. The minimum Gasteiger partial charge on any atom is -0.506 e. The van der Waals surface area contributed by atoms with Crippen molar-refractivity contribution in [3.63, 3.8) is 0 Å². The van der Waals surface area contributed by atoms with Crippen LogP contribution in [0.4, 0.5) is 0 Å². The Balaban J connectivity index is 1.86. The molecule has 6 nitrogen and oxygen atoms in total. The number of hydrogen-bond donors (Lipinski definition) is 3. The highest BCUT2D eigenvalue weighted by atomic mass is 16.4. The van der Waals surface area contributed by atoms with E-state index < -0.39 is 5.97 Å². The second kappa shape index (κ2) is 7.99. The van der Waals surface area contributed by atoms with Crippen LogP contribution in [0.25, 0.3) is 0 Å². The maximum absolute atomic E-state index is 11.9. The minimum absolute atomic E-state index is 0.0740. The number of amides is 1. The van der Waals surface area contributed by atoms with Crippen molar-refractivity contribution < 1.29 is 19.8 Å². The van der Waals surface area contributed by atoms with E-state index in [1.165, 1.54) is 12.3 Å². The molecule has 0 fully saturated rings. The lowest BCUT2D eigenvalue weighted by atomic mass is 9.96. The molecule has 1 aromatic heterocycles. The van der Waals surface area contributed by atoms with Crippen molar-refractivity contribution in [2.24, 2.45) is 0 Å². The van der Waals surface area contributed by atoms with Crippen LogP contribution in [0, 0.1) is 11.8 Å². The van der Waals surface area contributed by atoms with Gasteiger partial charge in [-0.15, -0.1) is 0 Å². The number of carboxylic acid groups (broad SMARTS) is 1. The number of nitrogens with zero attached hydrogens (tertiary/aromatic N) is 1.